The van der Waals surface area contributed by atoms with Crippen molar-refractivity contribution in [1.82, 2.24) is 9.97 Å². The molecule has 5 nitrogen and oxygen atoms in total. The molecule has 2 aromatic rings. The molecule has 0 fully saturated rings. The third-order valence-electron chi connectivity index (χ3n) is 2.45. The molecule has 0 aliphatic heterocycles. The summed E-state index contributed by atoms with van der Waals surface area (Å²) in [5, 5.41) is 12.5. The second-order valence-electron chi connectivity index (χ2n) is 3.94. The van der Waals surface area contributed by atoms with Gasteiger partial charge in [-0.3, -0.25) is 0 Å². The first-order valence-corrected chi connectivity index (χ1v) is 5.43. The van der Waals surface area contributed by atoms with Gasteiger partial charge in [0.05, 0.1) is 17.1 Å². The van der Waals surface area contributed by atoms with Gasteiger partial charge in [0, 0.05) is 11.6 Å². The summed E-state index contributed by atoms with van der Waals surface area (Å²) in [4.78, 5) is 19.2. The lowest BCUT2D eigenvalue weighted by atomic mass is 10.1. The van der Waals surface area contributed by atoms with Gasteiger partial charge in [0.25, 0.3) is 0 Å². The maximum atomic E-state index is 12.4. The van der Waals surface area contributed by atoms with E-state index in [0.29, 0.717) is 10.9 Å². The van der Waals surface area contributed by atoms with Gasteiger partial charge in [-0.15, -0.1) is 0 Å². The number of carboxylic acids is 1. The van der Waals surface area contributed by atoms with E-state index in [0.717, 1.165) is 0 Å². The van der Waals surface area contributed by atoms with Gasteiger partial charge in [-0.05, 0) is 13.0 Å². The molecule has 1 aromatic heterocycles. The van der Waals surface area contributed by atoms with Crippen LogP contribution in [0.4, 0.5) is 10.3 Å². The topological polar surface area (TPSA) is 75.1 Å². The van der Waals surface area contributed by atoms with Crippen molar-refractivity contribution in [2.75, 3.05) is 12.0 Å². The first-order chi connectivity index (χ1) is 8.61. The SMILES string of the molecule is CC(CF)Nc1ncc2cccc(C(=O)O)c2n1. The maximum Gasteiger partial charge on any atom is 0.337 e. The first kappa shape index (κ1) is 12.2. The van der Waals surface area contributed by atoms with E-state index < -0.39 is 18.7 Å². The number of anilines is 1. The first-order valence-electron chi connectivity index (χ1n) is 5.43. The molecule has 0 aliphatic rings. The Morgan fingerprint density at radius 3 is 3.00 bits per heavy atom. The van der Waals surface area contributed by atoms with E-state index in [1.54, 1.807) is 19.1 Å². The van der Waals surface area contributed by atoms with Crippen LogP contribution in [0.25, 0.3) is 10.9 Å². The van der Waals surface area contributed by atoms with Crippen molar-refractivity contribution in [1.29, 1.82) is 0 Å². The van der Waals surface area contributed by atoms with Crippen LogP contribution in [0.3, 0.4) is 0 Å². The summed E-state index contributed by atoms with van der Waals surface area (Å²) in [6, 6.07) is 4.41. The van der Waals surface area contributed by atoms with E-state index in [1.165, 1.54) is 12.3 Å². The van der Waals surface area contributed by atoms with Crippen LogP contribution in [-0.2, 0) is 0 Å². The fraction of sp³-hybridized carbons (Fsp3) is 0.250. The molecule has 2 rings (SSSR count). The molecular formula is C12H12FN3O2. The summed E-state index contributed by atoms with van der Waals surface area (Å²) in [5.74, 6) is -0.829. The fourth-order valence-electron chi connectivity index (χ4n) is 1.56. The van der Waals surface area contributed by atoms with E-state index in [4.69, 9.17) is 5.11 Å². The molecule has 0 radical (unpaired) electrons. The zero-order chi connectivity index (χ0) is 13.1. The lowest BCUT2D eigenvalue weighted by Crippen LogP contribution is -2.19. The number of nitrogens with one attached hydrogen (secondary N) is 1. The van der Waals surface area contributed by atoms with Gasteiger partial charge in [-0.25, -0.2) is 19.2 Å². The maximum absolute atomic E-state index is 12.4. The Balaban J connectivity index is 2.48. The largest absolute Gasteiger partial charge is 0.478 e. The zero-order valence-electron chi connectivity index (χ0n) is 9.72. The average molecular weight is 249 g/mol. The van der Waals surface area contributed by atoms with Crippen molar-refractivity contribution in [3.05, 3.63) is 30.0 Å². The van der Waals surface area contributed by atoms with Crippen molar-refractivity contribution in [2.45, 2.75) is 13.0 Å². The Bertz CT molecular complexity index is 589. The number of carbonyl (C=O) groups is 1. The van der Waals surface area contributed by atoms with Crippen molar-refractivity contribution >= 4 is 22.8 Å². The predicted octanol–water partition coefficient (Wildman–Crippen LogP) is 2.10. The summed E-state index contributed by atoms with van der Waals surface area (Å²) < 4.78 is 12.4. The van der Waals surface area contributed by atoms with Gasteiger partial charge < -0.3 is 10.4 Å². The highest BCUT2D eigenvalue weighted by atomic mass is 19.1. The smallest absolute Gasteiger partial charge is 0.337 e. The number of carboxylic acid groups (broad SMARTS) is 1. The molecule has 0 amide bonds. The molecule has 1 unspecified atom stereocenters. The van der Waals surface area contributed by atoms with Crippen LogP contribution < -0.4 is 5.32 Å². The molecule has 94 valence electrons. The summed E-state index contributed by atoms with van der Waals surface area (Å²) in [5.41, 5.74) is 0.444. The van der Waals surface area contributed by atoms with Crippen molar-refractivity contribution < 1.29 is 14.3 Å². The normalized spacial score (nSPS) is 12.3. The van der Waals surface area contributed by atoms with Crippen LogP contribution >= 0.6 is 0 Å². The molecule has 18 heavy (non-hydrogen) atoms. The van der Waals surface area contributed by atoms with Gasteiger partial charge in [0.15, 0.2) is 0 Å². The van der Waals surface area contributed by atoms with Gasteiger partial charge in [-0.1, -0.05) is 12.1 Å². The fourth-order valence-corrected chi connectivity index (χ4v) is 1.56. The van der Waals surface area contributed by atoms with Crippen LogP contribution in [0.2, 0.25) is 0 Å². The summed E-state index contributed by atoms with van der Waals surface area (Å²) in [6.45, 7) is 1.10. The molecule has 0 saturated carbocycles. The number of halogens is 1. The third-order valence-corrected chi connectivity index (χ3v) is 2.45. The number of aromatic nitrogens is 2. The molecule has 1 atom stereocenters. The third kappa shape index (κ3) is 2.37. The molecular weight excluding hydrogens is 237 g/mol. The minimum absolute atomic E-state index is 0.103. The van der Waals surface area contributed by atoms with Crippen LogP contribution in [-0.4, -0.2) is 33.8 Å². The Hall–Kier alpha value is -2.24. The Labute approximate surface area is 103 Å². The average Bonchev–Trinajstić information content (AvgIpc) is 2.37. The van der Waals surface area contributed by atoms with Crippen molar-refractivity contribution in [3.8, 4) is 0 Å². The number of nitrogens with zero attached hydrogens (tertiary/aromatic N) is 2. The lowest BCUT2D eigenvalue weighted by Gasteiger charge is -2.10. The molecule has 2 N–H and O–H groups in total. The number of aromatic carboxylic acids is 1. The van der Waals surface area contributed by atoms with E-state index in [-0.39, 0.29) is 11.5 Å². The predicted molar refractivity (Wildman–Crippen MR) is 65.6 cm³/mol. The monoisotopic (exact) mass is 249 g/mol. The molecule has 0 saturated heterocycles. The standard InChI is InChI=1S/C12H12FN3O2/c1-7(5-13)15-12-14-6-8-3-2-4-9(11(17)18)10(8)16-12/h2-4,6-7H,5H2,1H3,(H,17,18)(H,14,15,16). The quantitative estimate of drug-likeness (QED) is 0.867. The second kappa shape index (κ2) is 4.95. The number of alkyl halides is 1. The van der Waals surface area contributed by atoms with Crippen LogP contribution in [0.5, 0.6) is 0 Å². The highest BCUT2D eigenvalue weighted by Gasteiger charge is 2.11. The number of benzene rings is 1. The molecule has 1 aromatic carbocycles. The highest BCUT2D eigenvalue weighted by molar-refractivity contribution is 6.01. The Kier molecular flexibility index (Phi) is 3.36. The summed E-state index contributed by atoms with van der Waals surface area (Å²) in [6.07, 6.45) is 1.52. The molecule has 1 heterocycles. The highest BCUT2D eigenvalue weighted by Crippen LogP contribution is 2.17. The number of para-hydroxylation sites is 1. The number of hydrogen-bond donors (Lipinski definition) is 2. The Morgan fingerprint density at radius 2 is 2.33 bits per heavy atom. The minimum Gasteiger partial charge on any atom is -0.478 e. The van der Waals surface area contributed by atoms with Crippen LogP contribution in [0, 0.1) is 0 Å². The number of fused-ring (bicyclic) bond motifs is 1. The lowest BCUT2D eigenvalue weighted by molar-refractivity contribution is 0.0699. The van der Waals surface area contributed by atoms with Crippen molar-refractivity contribution in [2.24, 2.45) is 0 Å². The second-order valence-corrected chi connectivity index (χ2v) is 3.94. The molecule has 0 bridgehead atoms. The number of hydrogen-bond acceptors (Lipinski definition) is 4. The van der Waals surface area contributed by atoms with Crippen LogP contribution in [0.1, 0.15) is 17.3 Å². The molecule has 0 aliphatic carbocycles. The zero-order valence-corrected chi connectivity index (χ0v) is 9.72. The van der Waals surface area contributed by atoms with E-state index >= 15 is 0 Å². The van der Waals surface area contributed by atoms with E-state index in [1.807, 2.05) is 0 Å². The number of rotatable bonds is 4. The van der Waals surface area contributed by atoms with Crippen LogP contribution in [0.15, 0.2) is 24.4 Å². The molecule has 0 spiro atoms. The van der Waals surface area contributed by atoms with Gasteiger partial charge >= 0.3 is 5.97 Å². The van der Waals surface area contributed by atoms with E-state index in [2.05, 4.69) is 15.3 Å². The van der Waals surface area contributed by atoms with E-state index in [9.17, 15) is 9.18 Å². The molecule has 6 heteroatoms. The summed E-state index contributed by atoms with van der Waals surface area (Å²) in [7, 11) is 0. The Morgan fingerprint density at radius 1 is 1.56 bits per heavy atom. The van der Waals surface area contributed by atoms with Gasteiger partial charge in [0.1, 0.15) is 6.67 Å². The summed E-state index contributed by atoms with van der Waals surface area (Å²) >= 11 is 0. The van der Waals surface area contributed by atoms with Crippen molar-refractivity contribution in [3.63, 3.8) is 0 Å². The minimum atomic E-state index is -1.05. The van der Waals surface area contributed by atoms with Gasteiger partial charge in [-0.2, -0.15) is 0 Å². The van der Waals surface area contributed by atoms with Gasteiger partial charge in [0.2, 0.25) is 5.95 Å².